The Morgan fingerprint density at radius 1 is 0.674 bits per heavy atom. The minimum absolute atomic E-state index is 0.00895. The van der Waals surface area contributed by atoms with Crippen molar-refractivity contribution in [3.8, 4) is 0 Å². The minimum Gasteiger partial charge on any atom is -0.480 e. The van der Waals surface area contributed by atoms with E-state index in [0.29, 0.717) is 5.56 Å². The Bertz CT molecular complexity index is 1760. The first kappa shape index (κ1) is 33.2. The number of nitrogens with one attached hydrogen (secondary N) is 5. The average molecular weight is 633 g/mol. The first-order valence-electron chi connectivity index (χ1n) is 14.5. The lowest BCUT2D eigenvalue weighted by Gasteiger charge is -2.25. The van der Waals surface area contributed by atoms with Crippen LogP contribution in [0.15, 0.2) is 60.9 Å². The lowest BCUT2D eigenvalue weighted by molar-refractivity contribution is -0.144. The third-order valence-corrected chi connectivity index (χ3v) is 7.52. The number of carbonyl (C=O) groups excluding carboxylic acids is 5. The standard InChI is InChI=1S/C31H36N8O7/c32-20(11-16-14-35-21-7-3-1-5-18(16)21)28(42)38-24(12-17-15-36-22-8-4-2-6-19(17)22)30(44)37-23(9-10-26(33)40)29(43)39-25(31(45)46)13-27(34)41/h1-8,14-15,20,23-25,35-36H,9-13,32H2,(H2,33,40)(H2,34,41)(H,37,44)(H,38,42)(H,39,43)(H,45,46). The second kappa shape index (κ2) is 14.9. The van der Waals surface area contributed by atoms with Crippen molar-refractivity contribution in [2.24, 2.45) is 17.2 Å². The maximum Gasteiger partial charge on any atom is 0.326 e. The number of aliphatic carboxylic acids is 1. The number of hydrogen-bond acceptors (Lipinski definition) is 7. The van der Waals surface area contributed by atoms with Crippen LogP contribution in [0.2, 0.25) is 0 Å². The maximum atomic E-state index is 13.7. The quantitative estimate of drug-likeness (QED) is 0.0771. The van der Waals surface area contributed by atoms with Crippen LogP contribution in [0.25, 0.3) is 21.8 Å². The highest BCUT2D eigenvalue weighted by Gasteiger charge is 2.32. The topological polar surface area (TPSA) is 268 Å². The number of carboxylic acid groups (broad SMARTS) is 1. The summed E-state index contributed by atoms with van der Waals surface area (Å²) in [4.78, 5) is 81.0. The van der Waals surface area contributed by atoms with Gasteiger partial charge in [0.05, 0.1) is 12.5 Å². The number of carbonyl (C=O) groups is 6. The van der Waals surface area contributed by atoms with Crippen LogP contribution in [0.4, 0.5) is 0 Å². The summed E-state index contributed by atoms with van der Waals surface area (Å²) < 4.78 is 0. The summed E-state index contributed by atoms with van der Waals surface area (Å²) in [5.74, 6) is -5.70. The number of fused-ring (bicyclic) bond motifs is 2. The van der Waals surface area contributed by atoms with Gasteiger partial charge in [-0.05, 0) is 36.1 Å². The third-order valence-electron chi connectivity index (χ3n) is 7.52. The molecular formula is C31H36N8O7. The summed E-state index contributed by atoms with van der Waals surface area (Å²) in [6.07, 6.45) is 2.29. The molecule has 0 saturated heterocycles. The van der Waals surface area contributed by atoms with Crippen molar-refractivity contribution in [3.05, 3.63) is 72.1 Å². The van der Waals surface area contributed by atoms with E-state index in [0.717, 1.165) is 27.4 Å². The largest absolute Gasteiger partial charge is 0.480 e. The molecule has 46 heavy (non-hydrogen) atoms. The molecule has 0 bridgehead atoms. The number of nitrogens with two attached hydrogens (primary N) is 3. The van der Waals surface area contributed by atoms with Crippen LogP contribution in [0.5, 0.6) is 0 Å². The highest BCUT2D eigenvalue weighted by Crippen LogP contribution is 2.21. The van der Waals surface area contributed by atoms with Gasteiger partial charge in [-0.15, -0.1) is 0 Å². The van der Waals surface area contributed by atoms with E-state index in [2.05, 4.69) is 25.9 Å². The molecule has 4 unspecified atom stereocenters. The monoisotopic (exact) mass is 632 g/mol. The van der Waals surface area contributed by atoms with Crippen LogP contribution < -0.4 is 33.2 Å². The van der Waals surface area contributed by atoms with Crippen LogP contribution in [0.1, 0.15) is 30.4 Å². The Kier molecular flexibility index (Phi) is 10.7. The normalized spacial score (nSPS) is 13.8. The van der Waals surface area contributed by atoms with Crippen LogP contribution >= 0.6 is 0 Å². The van der Waals surface area contributed by atoms with Gasteiger partial charge in [-0.25, -0.2) is 4.79 Å². The Hall–Kier alpha value is -5.70. The fraction of sp³-hybridized carbons (Fsp3) is 0.290. The Labute approximate surface area is 262 Å². The zero-order valence-corrected chi connectivity index (χ0v) is 24.7. The molecule has 0 fully saturated rings. The van der Waals surface area contributed by atoms with E-state index in [1.807, 2.05) is 48.5 Å². The summed E-state index contributed by atoms with van der Waals surface area (Å²) >= 11 is 0. The molecule has 4 atom stereocenters. The number of aromatic nitrogens is 2. The second-order valence-electron chi connectivity index (χ2n) is 10.9. The van der Waals surface area contributed by atoms with Crippen molar-refractivity contribution in [2.75, 3.05) is 0 Å². The molecule has 2 aromatic heterocycles. The molecule has 0 aliphatic carbocycles. The SMILES string of the molecule is NC(=O)CCC(NC(=O)C(Cc1c[nH]c2ccccc12)NC(=O)C(N)Cc1c[nH]c2ccccc12)C(=O)NC(CC(N)=O)C(=O)O. The van der Waals surface area contributed by atoms with E-state index in [9.17, 15) is 33.9 Å². The number of para-hydroxylation sites is 2. The molecule has 15 heteroatoms. The van der Waals surface area contributed by atoms with Crippen LogP contribution in [-0.4, -0.2) is 74.7 Å². The molecule has 2 aromatic carbocycles. The van der Waals surface area contributed by atoms with E-state index in [4.69, 9.17) is 17.2 Å². The first-order valence-corrected chi connectivity index (χ1v) is 14.5. The molecule has 0 radical (unpaired) electrons. The van der Waals surface area contributed by atoms with Gasteiger partial charge in [-0.3, -0.25) is 24.0 Å². The van der Waals surface area contributed by atoms with E-state index in [-0.39, 0.29) is 25.7 Å². The molecule has 0 aliphatic heterocycles. The van der Waals surface area contributed by atoms with Crippen molar-refractivity contribution < 1.29 is 33.9 Å². The van der Waals surface area contributed by atoms with E-state index in [1.54, 1.807) is 12.4 Å². The number of amides is 5. The van der Waals surface area contributed by atoms with Crippen molar-refractivity contribution in [2.45, 2.75) is 56.3 Å². The van der Waals surface area contributed by atoms with Gasteiger partial charge in [0, 0.05) is 47.0 Å². The van der Waals surface area contributed by atoms with E-state index in [1.165, 1.54) is 0 Å². The number of aromatic amines is 2. The lowest BCUT2D eigenvalue weighted by Crippen LogP contribution is -2.58. The number of rotatable bonds is 16. The summed E-state index contributed by atoms with van der Waals surface area (Å²) in [7, 11) is 0. The molecule has 0 saturated carbocycles. The van der Waals surface area contributed by atoms with Gasteiger partial charge in [0.1, 0.15) is 18.1 Å². The van der Waals surface area contributed by atoms with Gasteiger partial charge in [-0.2, -0.15) is 0 Å². The number of H-pyrrole nitrogens is 2. The van der Waals surface area contributed by atoms with Gasteiger partial charge in [-0.1, -0.05) is 36.4 Å². The van der Waals surface area contributed by atoms with Crippen LogP contribution in [-0.2, 0) is 41.6 Å². The predicted molar refractivity (Wildman–Crippen MR) is 168 cm³/mol. The highest BCUT2D eigenvalue weighted by atomic mass is 16.4. The Morgan fingerprint density at radius 3 is 1.72 bits per heavy atom. The predicted octanol–water partition coefficient (Wildman–Crippen LogP) is -0.558. The van der Waals surface area contributed by atoms with Crippen LogP contribution in [0.3, 0.4) is 0 Å². The summed E-state index contributed by atoms with van der Waals surface area (Å²) in [6, 6.07) is 9.46. The van der Waals surface area contributed by atoms with E-state index < -0.39 is 66.1 Å². The second-order valence-corrected chi connectivity index (χ2v) is 10.9. The van der Waals surface area contributed by atoms with Gasteiger partial charge in [0.15, 0.2) is 0 Å². The van der Waals surface area contributed by atoms with Crippen LogP contribution in [0, 0.1) is 0 Å². The summed E-state index contributed by atoms with van der Waals surface area (Å²) in [5.41, 5.74) is 19.8. The molecule has 12 N–H and O–H groups in total. The van der Waals surface area contributed by atoms with E-state index >= 15 is 0 Å². The fourth-order valence-corrected chi connectivity index (χ4v) is 5.14. The summed E-state index contributed by atoms with van der Waals surface area (Å²) in [5, 5.41) is 18.5. The highest BCUT2D eigenvalue weighted by molar-refractivity contribution is 5.96. The molecule has 15 nitrogen and oxygen atoms in total. The molecule has 4 rings (SSSR count). The first-order chi connectivity index (χ1) is 21.9. The van der Waals surface area contributed by atoms with Crippen molar-refractivity contribution >= 4 is 57.3 Å². The molecule has 242 valence electrons. The van der Waals surface area contributed by atoms with Gasteiger partial charge in [0.25, 0.3) is 0 Å². The average Bonchev–Trinajstić information content (AvgIpc) is 3.62. The fourth-order valence-electron chi connectivity index (χ4n) is 5.14. The molecule has 2 heterocycles. The summed E-state index contributed by atoms with van der Waals surface area (Å²) in [6.45, 7) is 0. The molecule has 0 spiro atoms. The Morgan fingerprint density at radius 2 is 1.17 bits per heavy atom. The minimum atomic E-state index is -1.68. The van der Waals surface area contributed by atoms with Crippen molar-refractivity contribution in [1.82, 2.24) is 25.9 Å². The number of primary amides is 2. The zero-order chi connectivity index (χ0) is 33.4. The van der Waals surface area contributed by atoms with Gasteiger partial charge in [0.2, 0.25) is 29.5 Å². The third kappa shape index (κ3) is 8.47. The number of hydrogen-bond donors (Lipinski definition) is 9. The Balaban J connectivity index is 1.56. The molecule has 4 aromatic rings. The van der Waals surface area contributed by atoms with Gasteiger partial charge >= 0.3 is 5.97 Å². The smallest absolute Gasteiger partial charge is 0.326 e. The van der Waals surface area contributed by atoms with Crippen molar-refractivity contribution in [1.29, 1.82) is 0 Å². The number of benzene rings is 2. The molecule has 0 aliphatic rings. The van der Waals surface area contributed by atoms with Gasteiger partial charge < -0.3 is 48.2 Å². The number of carboxylic acids is 1. The maximum absolute atomic E-state index is 13.7. The molecule has 5 amide bonds. The molecular weight excluding hydrogens is 596 g/mol. The van der Waals surface area contributed by atoms with Crippen molar-refractivity contribution in [3.63, 3.8) is 0 Å². The lowest BCUT2D eigenvalue weighted by atomic mass is 10.0. The zero-order valence-electron chi connectivity index (χ0n) is 24.7.